The molecule has 1 amide bonds. The van der Waals surface area contributed by atoms with Crippen molar-refractivity contribution in [1.29, 1.82) is 0 Å². The quantitative estimate of drug-likeness (QED) is 0.904. The third kappa shape index (κ3) is 4.11. The molecule has 9 heteroatoms. The van der Waals surface area contributed by atoms with Gasteiger partial charge < -0.3 is 5.32 Å². The van der Waals surface area contributed by atoms with Gasteiger partial charge in [-0.05, 0) is 18.2 Å². The van der Waals surface area contributed by atoms with Gasteiger partial charge in [-0.25, -0.2) is 4.68 Å². The predicted molar refractivity (Wildman–Crippen MR) is 83.6 cm³/mol. The third-order valence-electron chi connectivity index (χ3n) is 2.38. The molecule has 0 atom stereocenters. The van der Waals surface area contributed by atoms with Crippen molar-refractivity contribution in [2.75, 3.05) is 5.32 Å². The largest absolute Gasteiger partial charge is 0.324 e. The SMILES string of the molecule is O=C(Cn1ncc(Cl)c(Cl)c1=O)Nc1cc(Cl)cc(Cl)c1. The van der Waals surface area contributed by atoms with Crippen LogP contribution in [0.5, 0.6) is 0 Å². The van der Waals surface area contributed by atoms with Crippen LogP contribution in [-0.2, 0) is 11.3 Å². The maximum Gasteiger partial charge on any atom is 0.287 e. The molecular weight excluding hydrogens is 360 g/mol. The smallest absolute Gasteiger partial charge is 0.287 e. The van der Waals surface area contributed by atoms with Gasteiger partial charge in [-0.15, -0.1) is 0 Å². The number of hydrogen-bond acceptors (Lipinski definition) is 3. The van der Waals surface area contributed by atoms with Crippen LogP contribution < -0.4 is 10.9 Å². The van der Waals surface area contributed by atoms with Crippen molar-refractivity contribution >= 4 is 58.0 Å². The number of nitrogens with one attached hydrogen (secondary N) is 1. The number of carbonyl (C=O) groups excluding carboxylic acids is 1. The van der Waals surface area contributed by atoms with Crippen LogP contribution >= 0.6 is 46.4 Å². The molecule has 1 aromatic heterocycles. The maximum atomic E-state index is 11.9. The minimum atomic E-state index is -0.650. The average molecular weight is 367 g/mol. The summed E-state index contributed by atoms with van der Waals surface area (Å²) in [6, 6.07) is 4.58. The van der Waals surface area contributed by atoms with Crippen LogP contribution in [0.4, 0.5) is 5.69 Å². The van der Waals surface area contributed by atoms with Crippen LogP contribution in [0.2, 0.25) is 20.1 Å². The third-order valence-corrected chi connectivity index (χ3v) is 3.57. The van der Waals surface area contributed by atoms with E-state index < -0.39 is 11.5 Å². The molecule has 1 heterocycles. The normalized spacial score (nSPS) is 10.5. The van der Waals surface area contributed by atoms with E-state index in [1.807, 2.05) is 0 Å². The van der Waals surface area contributed by atoms with Crippen molar-refractivity contribution in [3.8, 4) is 0 Å². The van der Waals surface area contributed by atoms with Gasteiger partial charge in [0.2, 0.25) is 5.91 Å². The molecule has 110 valence electrons. The Balaban J connectivity index is 2.15. The van der Waals surface area contributed by atoms with Crippen molar-refractivity contribution in [2.24, 2.45) is 0 Å². The number of halogens is 4. The monoisotopic (exact) mass is 365 g/mol. The zero-order chi connectivity index (χ0) is 15.6. The second-order valence-corrected chi connectivity index (χ2v) is 5.63. The van der Waals surface area contributed by atoms with E-state index in [2.05, 4.69) is 10.4 Å². The van der Waals surface area contributed by atoms with E-state index in [4.69, 9.17) is 46.4 Å². The summed E-state index contributed by atoms with van der Waals surface area (Å²) >= 11 is 23.0. The molecule has 2 aromatic rings. The lowest BCUT2D eigenvalue weighted by atomic mass is 10.3. The first-order chi connectivity index (χ1) is 9.86. The van der Waals surface area contributed by atoms with Crippen LogP contribution in [0.1, 0.15) is 0 Å². The zero-order valence-corrected chi connectivity index (χ0v) is 13.3. The summed E-state index contributed by atoms with van der Waals surface area (Å²) < 4.78 is 0.899. The van der Waals surface area contributed by atoms with Crippen LogP contribution in [0.15, 0.2) is 29.2 Å². The standard InChI is InChI=1S/C12H7Cl4N3O2/c13-6-1-7(14)3-8(2-6)18-10(20)5-19-12(21)11(16)9(15)4-17-19/h1-4H,5H2,(H,18,20). The molecule has 1 aromatic carbocycles. The molecule has 5 nitrogen and oxygen atoms in total. The second kappa shape index (κ2) is 6.66. The van der Waals surface area contributed by atoms with Gasteiger partial charge in [-0.1, -0.05) is 46.4 Å². The average Bonchev–Trinajstić information content (AvgIpc) is 2.38. The molecule has 0 aliphatic carbocycles. The molecule has 0 radical (unpaired) electrons. The van der Waals surface area contributed by atoms with Crippen LogP contribution in [0.25, 0.3) is 0 Å². The minimum absolute atomic E-state index is 0.0277. The number of carbonyl (C=O) groups is 1. The van der Waals surface area contributed by atoms with Gasteiger partial charge in [0.05, 0.1) is 11.2 Å². The number of benzene rings is 1. The summed E-state index contributed by atoms with van der Waals surface area (Å²) in [5.74, 6) is -0.485. The Labute approximate surface area is 139 Å². The fourth-order valence-corrected chi connectivity index (χ4v) is 2.32. The first-order valence-electron chi connectivity index (χ1n) is 5.54. The minimum Gasteiger partial charge on any atom is -0.324 e. The molecule has 21 heavy (non-hydrogen) atoms. The molecule has 0 saturated carbocycles. The first-order valence-corrected chi connectivity index (χ1v) is 7.05. The van der Waals surface area contributed by atoms with Crippen LogP contribution in [-0.4, -0.2) is 15.7 Å². The zero-order valence-electron chi connectivity index (χ0n) is 10.2. The summed E-state index contributed by atoms with van der Waals surface area (Å²) in [4.78, 5) is 23.6. The van der Waals surface area contributed by atoms with Gasteiger partial charge in [-0.2, -0.15) is 5.10 Å². The van der Waals surface area contributed by atoms with E-state index >= 15 is 0 Å². The highest BCUT2D eigenvalue weighted by molar-refractivity contribution is 6.41. The molecule has 0 saturated heterocycles. The molecular formula is C12H7Cl4N3O2. The lowest BCUT2D eigenvalue weighted by Crippen LogP contribution is -2.29. The van der Waals surface area contributed by atoms with E-state index in [-0.39, 0.29) is 16.6 Å². The summed E-state index contributed by atoms with van der Waals surface area (Å²) in [6.45, 7) is -0.320. The number of hydrogen-bond donors (Lipinski definition) is 1. The molecule has 0 unspecified atom stereocenters. The molecule has 2 rings (SSSR count). The highest BCUT2D eigenvalue weighted by atomic mass is 35.5. The van der Waals surface area contributed by atoms with Gasteiger partial charge in [0.1, 0.15) is 11.6 Å². The van der Waals surface area contributed by atoms with E-state index in [0.717, 1.165) is 4.68 Å². The number of rotatable bonds is 3. The van der Waals surface area contributed by atoms with Crippen LogP contribution in [0, 0.1) is 0 Å². The fraction of sp³-hybridized carbons (Fsp3) is 0.0833. The summed E-state index contributed by atoms with van der Waals surface area (Å²) in [6.07, 6.45) is 1.19. The van der Waals surface area contributed by atoms with E-state index in [9.17, 15) is 9.59 Å². The molecule has 1 N–H and O–H groups in total. The van der Waals surface area contributed by atoms with E-state index in [0.29, 0.717) is 15.7 Å². The molecule has 0 bridgehead atoms. The van der Waals surface area contributed by atoms with Gasteiger partial charge >= 0.3 is 0 Å². The molecule has 0 aliphatic rings. The number of anilines is 1. The van der Waals surface area contributed by atoms with Crippen molar-refractivity contribution < 1.29 is 4.79 Å². The number of aromatic nitrogens is 2. The Morgan fingerprint density at radius 1 is 1.14 bits per heavy atom. The molecule has 0 spiro atoms. The number of amides is 1. The lowest BCUT2D eigenvalue weighted by Gasteiger charge is -2.08. The van der Waals surface area contributed by atoms with Crippen molar-refractivity contribution in [1.82, 2.24) is 9.78 Å². The Morgan fingerprint density at radius 2 is 1.76 bits per heavy atom. The highest BCUT2D eigenvalue weighted by Crippen LogP contribution is 2.22. The fourth-order valence-electron chi connectivity index (χ4n) is 1.52. The Bertz CT molecular complexity index is 740. The van der Waals surface area contributed by atoms with Crippen LogP contribution in [0.3, 0.4) is 0 Å². The Hall–Kier alpha value is -1.27. The predicted octanol–water partition coefficient (Wildman–Crippen LogP) is 3.50. The van der Waals surface area contributed by atoms with Gasteiger partial charge in [0.25, 0.3) is 5.56 Å². The van der Waals surface area contributed by atoms with Gasteiger partial charge in [0.15, 0.2) is 0 Å². The van der Waals surface area contributed by atoms with Crippen molar-refractivity contribution in [3.05, 3.63) is 54.8 Å². The lowest BCUT2D eigenvalue weighted by molar-refractivity contribution is -0.117. The summed E-state index contributed by atoms with van der Waals surface area (Å²) in [5, 5.41) is 6.87. The van der Waals surface area contributed by atoms with Crippen molar-refractivity contribution in [2.45, 2.75) is 6.54 Å². The van der Waals surface area contributed by atoms with E-state index in [1.165, 1.54) is 24.4 Å². The Kier molecular flexibility index (Phi) is 5.11. The van der Waals surface area contributed by atoms with Crippen molar-refractivity contribution in [3.63, 3.8) is 0 Å². The van der Waals surface area contributed by atoms with E-state index in [1.54, 1.807) is 0 Å². The Morgan fingerprint density at radius 3 is 2.38 bits per heavy atom. The van der Waals surface area contributed by atoms with Gasteiger partial charge in [0, 0.05) is 15.7 Å². The number of nitrogens with zero attached hydrogens (tertiary/aromatic N) is 2. The summed E-state index contributed by atoms with van der Waals surface area (Å²) in [7, 11) is 0. The molecule has 0 aliphatic heterocycles. The maximum absolute atomic E-state index is 11.9. The topological polar surface area (TPSA) is 64.0 Å². The first kappa shape index (κ1) is 16.1. The highest BCUT2D eigenvalue weighted by Gasteiger charge is 2.11. The second-order valence-electron chi connectivity index (χ2n) is 3.98. The van der Waals surface area contributed by atoms with Gasteiger partial charge in [-0.3, -0.25) is 9.59 Å². The summed E-state index contributed by atoms with van der Waals surface area (Å²) in [5.41, 5.74) is -0.242. The molecule has 0 fully saturated rings.